The zero-order chi connectivity index (χ0) is 11.3. The third kappa shape index (κ3) is 3.24. The van der Waals surface area contributed by atoms with Crippen LogP contribution < -0.4 is 5.73 Å². The summed E-state index contributed by atoms with van der Waals surface area (Å²) in [4.78, 5) is 0. The Kier molecular flexibility index (Phi) is 4.63. The number of hydrogen-bond acceptors (Lipinski definition) is 2. The smallest absolute Gasteiger partial charge is 0.122 e. The topological polar surface area (TPSA) is 46.2 Å². The molecule has 0 heterocycles. The zero-order valence-electron chi connectivity index (χ0n) is 9.66. The van der Waals surface area contributed by atoms with Crippen molar-refractivity contribution in [2.45, 2.75) is 39.0 Å². The van der Waals surface area contributed by atoms with Gasteiger partial charge in [0.15, 0.2) is 0 Å². The minimum Gasteiger partial charge on any atom is -0.507 e. The molecule has 0 bridgehead atoms. The van der Waals surface area contributed by atoms with E-state index in [1.807, 2.05) is 18.2 Å². The monoisotopic (exact) mass is 207 g/mol. The molecule has 0 aliphatic carbocycles. The second-order valence-corrected chi connectivity index (χ2v) is 4.26. The SMILES string of the molecule is CC(C)c1cccc(CCCCN)c1O. The fourth-order valence-corrected chi connectivity index (χ4v) is 1.74. The molecule has 15 heavy (non-hydrogen) atoms. The van der Waals surface area contributed by atoms with Crippen LogP contribution in [0.4, 0.5) is 0 Å². The number of phenols is 1. The summed E-state index contributed by atoms with van der Waals surface area (Å²) >= 11 is 0. The Hall–Kier alpha value is -1.02. The Morgan fingerprint density at radius 1 is 1.27 bits per heavy atom. The molecule has 0 saturated carbocycles. The highest BCUT2D eigenvalue weighted by molar-refractivity contribution is 5.42. The van der Waals surface area contributed by atoms with Crippen LogP contribution in [0, 0.1) is 0 Å². The van der Waals surface area contributed by atoms with Crippen molar-refractivity contribution in [3.05, 3.63) is 29.3 Å². The van der Waals surface area contributed by atoms with E-state index in [-0.39, 0.29) is 0 Å². The van der Waals surface area contributed by atoms with Crippen molar-refractivity contribution in [2.24, 2.45) is 5.73 Å². The van der Waals surface area contributed by atoms with Crippen LogP contribution >= 0.6 is 0 Å². The van der Waals surface area contributed by atoms with Crippen LogP contribution in [0.3, 0.4) is 0 Å². The Labute approximate surface area is 92.1 Å². The lowest BCUT2D eigenvalue weighted by molar-refractivity contribution is 0.456. The van der Waals surface area contributed by atoms with Crippen molar-refractivity contribution < 1.29 is 5.11 Å². The van der Waals surface area contributed by atoms with Crippen LogP contribution in [0.2, 0.25) is 0 Å². The molecule has 1 aromatic rings. The maximum Gasteiger partial charge on any atom is 0.122 e. The summed E-state index contributed by atoms with van der Waals surface area (Å²) in [6.45, 7) is 4.92. The lowest BCUT2D eigenvalue weighted by Crippen LogP contribution is -1.99. The highest BCUT2D eigenvalue weighted by Gasteiger charge is 2.09. The molecule has 0 aliphatic heterocycles. The van der Waals surface area contributed by atoms with Gasteiger partial charge >= 0.3 is 0 Å². The van der Waals surface area contributed by atoms with Gasteiger partial charge < -0.3 is 10.8 Å². The summed E-state index contributed by atoms with van der Waals surface area (Å²) in [6, 6.07) is 6.01. The number of para-hydroxylation sites is 1. The van der Waals surface area contributed by atoms with Crippen LogP contribution in [0.15, 0.2) is 18.2 Å². The number of nitrogens with two attached hydrogens (primary N) is 1. The van der Waals surface area contributed by atoms with Gasteiger partial charge in [0.1, 0.15) is 5.75 Å². The number of aryl methyl sites for hydroxylation is 1. The van der Waals surface area contributed by atoms with E-state index >= 15 is 0 Å². The molecule has 0 aliphatic rings. The van der Waals surface area contributed by atoms with E-state index < -0.39 is 0 Å². The summed E-state index contributed by atoms with van der Waals surface area (Å²) in [7, 11) is 0. The second kappa shape index (κ2) is 5.76. The fraction of sp³-hybridized carbons (Fsp3) is 0.538. The number of unbranched alkanes of at least 4 members (excludes halogenated alkanes) is 1. The number of benzene rings is 1. The van der Waals surface area contributed by atoms with Crippen LogP contribution in [0.25, 0.3) is 0 Å². The third-order valence-electron chi connectivity index (χ3n) is 2.67. The molecule has 0 unspecified atom stereocenters. The van der Waals surface area contributed by atoms with Crippen LogP contribution in [0.5, 0.6) is 5.75 Å². The van der Waals surface area contributed by atoms with Gasteiger partial charge in [-0.1, -0.05) is 32.0 Å². The van der Waals surface area contributed by atoms with Gasteiger partial charge in [-0.3, -0.25) is 0 Å². The van der Waals surface area contributed by atoms with E-state index in [0.717, 1.165) is 36.9 Å². The largest absolute Gasteiger partial charge is 0.507 e. The van der Waals surface area contributed by atoms with Gasteiger partial charge in [0.2, 0.25) is 0 Å². The van der Waals surface area contributed by atoms with Crippen molar-refractivity contribution in [1.82, 2.24) is 0 Å². The minimum atomic E-state index is 0.374. The number of phenolic OH excluding ortho intramolecular Hbond substituents is 1. The molecular weight excluding hydrogens is 186 g/mol. The Balaban J connectivity index is 2.75. The van der Waals surface area contributed by atoms with E-state index in [0.29, 0.717) is 11.7 Å². The standard InChI is InChI=1S/C13H21NO/c1-10(2)12-8-5-7-11(13(12)15)6-3-4-9-14/h5,7-8,10,15H,3-4,6,9,14H2,1-2H3. The van der Waals surface area contributed by atoms with E-state index in [9.17, 15) is 5.11 Å². The lowest BCUT2D eigenvalue weighted by atomic mass is 9.97. The maximum atomic E-state index is 10.0. The Bertz CT molecular complexity index is 307. The predicted octanol–water partition coefficient (Wildman–Crippen LogP) is 2.80. The van der Waals surface area contributed by atoms with E-state index in [4.69, 9.17) is 5.73 Å². The molecule has 0 aromatic heterocycles. The molecule has 3 N–H and O–H groups in total. The molecule has 0 radical (unpaired) electrons. The van der Waals surface area contributed by atoms with Gasteiger partial charge in [0.25, 0.3) is 0 Å². The maximum absolute atomic E-state index is 10.0. The first kappa shape index (κ1) is 12.1. The predicted molar refractivity (Wildman–Crippen MR) is 64.2 cm³/mol. The molecule has 2 heteroatoms. The highest BCUT2D eigenvalue weighted by atomic mass is 16.3. The van der Waals surface area contributed by atoms with Crippen molar-refractivity contribution in [3.63, 3.8) is 0 Å². The number of hydrogen-bond donors (Lipinski definition) is 2. The van der Waals surface area contributed by atoms with Gasteiger partial charge in [-0.05, 0) is 42.9 Å². The van der Waals surface area contributed by atoms with Gasteiger partial charge in [-0.25, -0.2) is 0 Å². The molecule has 1 rings (SSSR count). The summed E-state index contributed by atoms with van der Waals surface area (Å²) in [5, 5.41) is 10.0. The Morgan fingerprint density at radius 2 is 2.00 bits per heavy atom. The van der Waals surface area contributed by atoms with Crippen molar-refractivity contribution in [1.29, 1.82) is 0 Å². The lowest BCUT2D eigenvalue weighted by Gasteiger charge is -2.12. The van der Waals surface area contributed by atoms with E-state index in [1.165, 1.54) is 0 Å². The van der Waals surface area contributed by atoms with Crippen molar-refractivity contribution in [3.8, 4) is 5.75 Å². The molecule has 0 atom stereocenters. The first-order valence-corrected chi connectivity index (χ1v) is 5.67. The summed E-state index contributed by atoms with van der Waals surface area (Å²) in [5.41, 5.74) is 7.54. The normalized spacial score (nSPS) is 10.9. The summed E-state index contributed by atoms with van der Waals surface area (Å²) in [5.74, 6) is 0.851. The molecular formula is C13H21NO. The van der Waals surface area contributed by atoms with Gasteiger partial charge in [-0.2, -0.15) is 0 Å². The van der Waals surface area contributed by atoms with Crippen LogP contribution in [-0.4, -0.2) is 11.7 Å². The molecule has 84 valence electrons. The zero-order valence-corrected chi connectivity index (χ0v) is 9.66. The van der Waals surface area contributed by atoms with E-state index in [1.54, 1.807) is 0 Å². The third-order valence-corrected chi connectivity index (χ3v) is 2.67. The fourth-order valence-electron chi connectivity index (χ4n) is 1.74. The second-order valence-electron chi connectivity index (χ2n) is 4.26. The van der Waals surface area contributed by atoms with Crippen LogP contribution in [0.1, 0.15) is 43.7 Å². The number of rotatable bonds is 5. The quantitative estimate of drug-likeness (QED) is 0.729. The van der Waals surface area contributed by atoms with Crippen molar-refractivity contribution >= 4 is 0 Å². The first-order valence-electron chi connectivity index (χ1n) is 5.67. The molecule has 2 nitrogen and oxygen atoms in total. The van der Waals surface area contributed by atoms with Gasteiger partial charge in [0, 0.05) is 0 Å². The molecule has 0 spiro atoms. The summed E-state index contributed by atoms with van der Waals surface area (Å²) in [6.07, 6.45) is 2.99. The van der Waals surface area contributed by atoms with Crippen molar-refractivity contribution in [2.75, 3.05) is 6.54 Å². The molecule has 0 amide bonds. The molecule has 0 fully saturated rings. The minimum absolute atomic E-state index is 0.374. The average Bonchev–Trinajstić information content (AvgIpc) is 2.20. The number of aromatic hydroxyl groups is 1. The molecule has 0 saturated heterocycles. The van der Waals surface area contributed by atoms with Crippen LogP contribution in [-0.2, 0) is 6.42 Å². The summed E-state index contributed by atoms with van der Waals surface area (Å²) < 4.78 is 0. The van der Waals surface area contributed by atoms with Gasteiger partial charge in [0.05, 0.1) is 0 Å². The highest BCUT2D eigenvalue weighted by Crippen LogP contribution is 2.29. The first-order chi connectivity index (χ1) is 7.16. The average molecular weight is 207 g/mol. The Morgan fingerprint density at radius 3 is 2.60 bits per heavy atom. The molecule has 1 aromatic carbocycles. The van der Waals surface area contributed by atoms with Gasteiger partial charge in [-0.15, -0.1) is 0 Å². The van der Waals surface area contributed by atoms with E-state index in [2.05, 4.69) is 13.8 Å².